The van der Waals surface area contributed by atoms with E-state index in [2.05, 4.69) is 71.7 Å². The van der Waals surface area contributed by atoms with Crippen molar-refractivity contribution in [1.82, 2.24) is 19.9 Å². The lowest BCUT2D eigenvalue weighted by Gasteiger charge is -2.12. The lowest BCUT2D eigenvalue weighted by Crippen LogP contribution is -2.00. The van der Waals surface area contributed by atoms with Gasteiger partial charge in [-0.05, 0) is 74.5 Å². The highest BCUT2D eigenvalue weighted by atomic mass is 16.3. The molecule has 47 heavy (non-hydrogen) atoms. The summed E-state index contributed by atoms with van der Waals surface area (Å²) in [5, 5.41) is 4.43. The van der Waals surface area contributed by atoms with E-state index in [-0.39, 0.29) is 0 Å². The van der Waals surface area contributed by atoms with Gasteiger partial charge in [-0.3, -0.25) is 4.98 Å². The molecule has 9 aromatic rings. The molecule has 1 aliphatic rings. The Bertz CT molecular complexity index is 2620. The average Bonchev–Trinajstić information content (AvgIpc) is 3.68. The normalized spacial score (nSPS) is 11.8. The molecule has 0 N–H and O–H groups in total. The molecule has 0 bridgehead atoms. The van der Waals surface area contributed by atoms with Crippen LogP contribution in [0.1, 0.15) is 0 Å². The van der Waals surface area contributed by atoms with Gasteiger partial charge in [0.05, 0.1) is 6.20 Å². The van der Waals surface area contributed by atoms with Crippen LogP contribution in [0.15, 0.2) is 150 Å². The van der Waals surface area contributed by atoms with Crippen molar-refractivity contribution in [3.63, 3.8) is 0 Å². The number of rotatable bonds is 4. The van der Waals surface area contributed by atoms with Gasteiger partial charge in [0.15, 0.2) is 23.1 Å². The smallest absolute Gasteiger partial charge is 0.164 e. The number of aromatic nitrogens is 4. The standard InChI is InChI=1S/C42H24N4O/c1-3-10-25(11-4-1)40-44-41(26-12-5-2-6-13-26)46-42(45-40)35-22-29(23-36-39(35)33-18-19-43-24-37(33)47-36)28-20-27-14-9-17-32-30-15-7-8-16-31(30)34(21-28)38(27)32/h1-24H. The van der Waals surface area contributed by atoms with E-state index in [1.807, 2.05) is 66.7 Å². The Morgan fingerprint density at radius 2 is 1.02 bits per heavy atom. The van der Waals surface area contributed by atoms with E-state index in [0.29, 0.717) is 17.5 Å². The monoisotopic (exact) mass is 600 g/mol. The van der Waals surface area contributed by atoms with E-state index in [1.165, 1.54) is 33.0 Å². The van der Waals surface area contributed by atoms with Gasteiger partial charge in [-0.15, -0.1) is 0 Å². The summed E-state index contributed by atoms with van der Waals surface area (Å²) >= 11 is 0. The number of pyridine rings is 1. The van der Waals surface area contributed by atoms with Gasteiger partial charge >= 0.3 is 0 Å². The zero-order valence-electron chi connectivity index (χ0n) is 25.1. The molecule has 3 heterocycles. The van der Waals surface area contributed by atoms with Gasteiger partial charge in [0.1, 0.15) is 5.58 Å². The zero-order chi connectivity index (χ0) is 30.9. The second-order valence-electron chi connectivity index (χ2n) is 11.9. The fourth-order valence-corrected chi connectivity index (χ4v) is 7.02. The van der Waals surface area contributed by atoms with Crippen molar-refractivity contribution in [1.29, 1.82) is 0 Å². The second kappa shape index (κ2) is 10.0. The minimum atomic E-state index is 0.585. The Hall–Kier alpha value is -6.46. The Kier molecular flexibility index (Phi) is 5.51. The molecule has 0 spiro atoms. The van der Waals surface area contributed by atoms with Crippen LogP contribution in [0.2, 0.25) is 0 Å². The van der Waals surface area contributed by atoms with Crippen LogP contribution in [0.25, 0.3) is 100 Å². The maximum absolute atomic E-state index is 6.48. The first kappa shape index (κ1) is 25.8. The predicted octanol–water partition coefficient (Wildman–Crippen LogP) is 10.6. The number of nitrogens with zero attached hydrogens (tertiary/aromatic N) is 4. The number of hydrogen-bond donors (Lipinski definition) is 0. The van der Waals surface area contributed by atoms with E-state index in [9.17, 15) is 0 Å². The van der Waals surface area contributed by atoms with Crippen LogP contribution in [-0.2, 0) is 0 Å². The van der Waals surface area contributed by atoms with Gasteiger partial charge in [0.2, 0.25) is 0 Å². The molecule has 0 atom stereocenters. The number of fused-ring (bicyclic) bond motifs is 6. The van der Waals surface area contributed by atoms with Crippen LogP contribution < -0.4 is 0 Å². The maximum atomic E-state index is 6.48. The Balaban J connectivity index is 1.27. The third-order valence-electron chi connectivity index (χ3n) is 9.13. The lowest BCUT2D eigenvalue weighted by atomic mass is 9.94. The molecular weight excluding hydrogens is 576 g/mol. The largest absolute Gasteiger partial charge is 0.454 e. The van der Waals surface area contributed by atoms with Gasteiger partial charge < -0.3 is 4.42 Å². The zero-order valence-corrected chi connectivity index (χ0v) is 25.1. The van der Waals surface area contributed by atoms with Gasteiger partial charge in [0, 0.05) is 33.7 Å². The minimum Gasteiger partial charge on any atom is -0.454 e. The Morgan fingerprint density at radius 1 is 0.404 bits per heavy atom. The summed E-state index contributed by atoms with van der Waals surface area (Å²) in [4.78, 5) is 19.5. The first-order valence-electron chi connectivity index (χ1n) is 15.6. The molecule has 1 aliphatic carbocycles. The van der Waals surface area contributed by atoms with Crippen LogP contribution >= 0.6 is 0 Å². The minimum absolute atomic E-state index is 0.585. The van der Waals surface area contributed by atoms with Gasteiger partial charge in [-0.1, -0.05) is 103 Å². The molecule has 0 radical (unpaired) electrons. The molecule has 3 aromatic heterocycles. The topological polar surface area (TPSA) is 64.7 Å². The van der Waals surface area contributed by atoms with Crippen molar-refractivity contribution < 1.29 is 4.42 Å². The molecule has 6 aromatic carbocycles. The molecule has 0 amide bonds. The quantitative estimate of drug-likeness (QED) is 0.201. The fourth-order valence-electron chi connectivity index (χ4n) is 7.02. The van der Waals surface area contributed by atoms with Gasteiger partial charge in [0.25, 0.3) is 0 Å². The third-order valence-corrected chi connectivity index (χ3v) is 9.13. The van der Waals surface area contributed by atoms with E-state index in [1.54, 1.807) is 12.4 Å². The van der Waals surface area contributed by atoms with Crippen LogP contribution in [0, 0.1) is 0 Å². The summed E-state index contributed by atoms with van der Waals surface area (Å²) in [5.41, 5.74) is 11.4. The molecule has 0 fully saturated rings. The molecule has 0 saturated carbocycles. The lowest BCUT2D eigenvalue weighted by molar-refractivity contribution is 0.667. The Morgan fingerprint density at radius 3 is 1.77 bits per heavy atom. The highest BCUT2D eigenvalue weighted by Crippen LogP contribution is 2.49. The summed E-state index contributed by atoms with van der Waals surface area (Å²) in [5.74, 6) is 1.82. The van der Waals surface area contributed by atoms with Crippen molar-refractivity contribution >= 4 is 32.7 Å². The fraction of sp³-hybridized carbons (Fsp3) is 0. The van der Waals surface area contributed by atoms with Crippen molar-refractivity contribution in [3.8, 4) is 67.5 Å². The van der Waals surface area contributed by atoms with Crippen LogP contribution in [0.3, 0.4) is 0 Å². The van der Waals surface area contributed by atoms with Gasteiger partial charge in [-0.2, -0.15) is 0 Å². The second-order valence-corrected chi connectivity index (χ2v) is 11.9. The van der Waals surface area contributed by atoms with E-state index < -0.39 is 0 Å². The third kappa shape index (κ3) is 4.03. The van der Waals surface area contributed by atoms with Gasteiger partial charge in [-0.25, -0.2) is 15.0 Å². The molecule has 5 nitrogen and oxygen atoms in total. The summed E-state index contributed by atoms with van der Waals surface area (Å²) in [7, 11) is 0. The van der Waals surface area contributed by atoms with E-state index in [4.69, 9.17) is 19.4 Å². The first-order chi connectivity index (χ1) is 23.3. The van der Waals surface area contributed by atoms with Crippen molar-refractivity contribution in [2.24, 2.45) is 0 Å². The van der Waals surface area contributed by atoms with Crippen LogP contribution in [0.5, 0.6) is 0 Å². The maximum Gasteiger partial charge on any atom is 0.164 e. The summed E-state index contributed by atoms with van der Waals surface area (Å²) in [6.07, 6.45) is 3.57. The number of hydrogen-bond acceptors (Lipinski definition) is 5. The molecule has 218 valence electrons. The molecule has 10 rings (SSSR count). The predicted molar refractivity (Wildman–Crippen MR) is 189 cm³/mol. The molecular formula is C42H24N4O. The highest BCUT2D eigenvalue weighted by Gasteiger charge is 2.24. The summed E-state index contributed by atoms with van der Waals surface area (Å²) in [6.45, 7) is 0. The number of furan rings is 1. The average molecular weight is 601 g/mol. The van der Waals surface area contributed by atoms with E-state index >= 15 is 0 Å². The van der Waals surface area contributed by atoms with E-state index in [0.717, 1.165) is 49.8 Å². The summed E-state index contributed by atoms with van der Waals surface area (Å²) in [6, 6.07) is 46.3. The SMILES string of the molecule is c1ccc(-c2nc(-c3ccccc3)nc(-c3cc(-c4cc5c6c(cccc6c4)-c4ccccc4-5)cc4oc5cnccc5c34)n2)cc1. The number of benzene rings is 6. The molecule has 0 aliphatic heterocycles. The van der Waals surface area contributed by atoms with Crippen molar-refractivity contribution in [3.05, 3.63) is 146 Å². The van der Waals surface area contributed by atoms with Crippen LogP contribution in [0.4, 0.5) is 0 Å². The molecule has 0 saturated heterocycles. The van der Waals surface area contributed by atoms with Crippen molar-refractivity contribution in [2.45, 2.75) is 0 Å². The molecule has 0 unspecified atom stereocenters. The first-order valence-corrected chi connectivity index (χ1v) is 15.6. The highest BCUT2D eigenvalue weighted by molar-refractivity contribution is 6.17. The van der Waals surface area contributed by atoms with Crippen molar-refractivity contribution in [2.75, 3.05) is 0 Å². The molecule has 5 heteroatoms. The summed E-state index contributed by atoms with van der Waals surface area (Å²) < 4.78 is 6.48. The Labute approximate surface area is 269 Å². The van der Waals surface area contributed by atoms with Crippen LogP contribution in [-0.4, -0.2) is 19.9 Å².